The van der Waals surface area contributed by atoms with Crippen molar-refractivity contribution in [2.45, 2.75) is 52.9 Å². The molecule has 1 unspecified atom stereocenters. The average molecular weight is 587 g/mol. The highest BCUT2D eigenvalue weighted by Crippen LogP contribution is 2.35. The van der Waals surface area contributed by atoms with Crippen LogP contribution in [0.2, 0.25) is 0 Å². The molecular formula is C33H34N2O8. The van der Waals surface area contributed by atoms with Gasteiger partial charge in [0.2, 0.25) is 6.29 Å². The maximum Gasteiger partial charge on any atom is 0.511 e. The van der Waals surface area contributed by atoms with Gasteiger partial charge in [-0.15, -0.1) is 0 Å². The van der Waals surface area contributed by atoms with Gasteiger partial charge in [0, 0.05) is 25.2 Å². The third kappa shape index (κ3) is 7.21. The molecular weight excluding hydrogens is 552 g/mol. The van der Waals surface area contributed by atoms with Crippen molar-refractivity contribution < 1.29 is 38.1 Å². The van der Waals surface area contributed by atoms with Gasteiger partial charge in [0.15, 0.2) is 6.61 Å². The minimum atomic E-state index is -1.22. The number of ketones is 1. The third-order valence-electron chi connectivity index (χ3n) is 6.64. The first kappa shape index (κ1) is 30.8. The van der Waals surface area contributed by atoms with E-state index in [1.807, 2.05) is 61.5 Å². The molecule has 10 heteroatoms. The molecule has 43 heavy (non-hydrogen) atoms. The second kappa shape index (κ2) is 13.7. The largest absolute Gasteiger partial charge is 0.511 e. The smallest absolute Gasteiger partial charge is 0.480 e. The minimum Gasteiger partial charge on any atom is -0.480 e. The Kier molecular flexibility index (Phi) is 9.82. The molecule has 4 aromatic rings. The van der Waals surface area contributed by atoms with Gasteiger partial charge in [0.25, 0.3) is 11.7 Å². The van der Waals surface area contributed by atoms with E-state index in [1.165, 1.54) is 6.92 Å². The molecule has 0 aliphatic heterocycles. The van der Waals surface area contributed by atoms with Gasteiger partial charge in [-0.3, -0.25) is 9.59 Å². The molecule has 2 aromatic heterocycles. The van der Waals surface area contributed by atoms with Gasteiger partial charge >= 0.3 is 12.1 Å². The van der Waals surface area contributed by atoms with E-state index >= 15 is 0 Å². The molecule has 1 atom stereocenters. The Labute approximate surface area is 249 Å². The quantitative estimate of drug-likeness (QED) is 0.103. The number of amides is 1. The van der Waals surface area contributed by atoms with Crippen molar-refractivity contribution in [1.82, 2.24) is 4.40 Å². The van der Waals surface area contributed by atoms with Crippen LogP contribution in [0.4, 0.5) is 4.79 Å². The second-order valence-corrected chi connectivity index (χ2v) is 10.0. The summed E-state index contributed by atoms with van der Waals surface area (Å²) in [5.41, 5.74) is 10.4. The number of hydrogen-bond acceptors (Lipinski definition) is 8. The number of ether oxygens (including phenoxy) is 4. The lowest BCUT2D eigenvalue weighted by Crippen LogP contribution is -2.26. The average Bonchev–Trinajstić information content (AvgIpc) is 3.29. The molecule has 0 saturated carbocycles. The Balaban J connectivity index is 1.69. The van der Waals surface area contributed by atoms with Gasteiger partial charge in [0.1, 0.15) is 5.75 Å². The van der Waals surface area contributed by atoms with Gasteiger partial charge < -0.3 is 29.1 Å². The number of Topliss-reactive ketones (excluding diaryl/α,β-unsaturated/α-hetero) is 1. The lowest BCUT2D eigenvalue weighted by molar-refractivity contribution is -0.170. The zero-order valence-electron chi connectivity index (χ0n) is 24.5. The first-order chi connectivity index (χ1) is 20.6. The number of carbonyl (C=O) groups is 4. The number of hydrogen-bond donors (Lipinski definition) is 1. The fourth-order valence-electron chi connectivity index (χ4n) is 4.94. The second-order valence-electron chi connectivity index (χ2n) is 10.0. The number of pyridine rings is 1. The Morgan fingerprint density at radius 3 is 2.23 bits per heavy atom. The summed E-state index contributed by atoms with van der Waals surface area (Å²) in [4.78, 5) is 49.6. The fraction of sp³-hybridized carbons (Fsp3) is 0.273. The molecule has 0 bridgehead atoms. The highest BCUT2D eigenvalue weighted by Gasteiger charge is 2.28. The molecule has 1 amide bonds. The summed E-state index contributed by atoms with van der Waals surface area (Å²) in [5.74, 6) is -2.61. The SMILES string of the molecule is CCc1c(C(=O)C(N)=O)c2c(OCC(=O)OC(C)OC(=O)OC(C)C)cccn2c1Cc1ccccc1-c1ccccc1. The summed E-state index contributed by atoms with van der Waals surface area (Å²) < 4.78 is 22.5. The van der Waals surface area contributed by atoms with E-state index in [4.69, 9.17) is 24.7 Å². The first-order valence-corrected chi connectivity index (χ1v) is 13.9. The van der Waals surface area contributed by atoms with Crippen LogP contribution in [0.25, 0.3) is 16.6 Å². The van der Waals surface area contributed by atoms with Crippen molar-refractivity contribution >= 4 is 29.3 Å². The molecule has 0 aliphatic rings. The number of rotatable bonds is 12. The lowest BCUT2D eigenvalue weighted by atomic mass is 9.94. The lowest BCUT2D eigenvalue weighted by Gasteiger charge is -2.15. The molecule has 0 aliphatic carbocycles. The minimum absolute atomic E-state index is 0.124. The Bertz CT molecular complexity index is 1640. The normalized spacial score (nSPS) is 11.7. The van der Waals surface area contributed by atoms with Gasteiger partial charge in [0.05, 0.1) is 17.2 Å². The number of esters is 1. The van der Waals surface area contributed by atoms with E-state index < -0.39 is 42.8 Å². The summed E-state index contributed by atoms with van der Waals surface area (Å²) in [6.45, 7) is 6.01. The summed E-state index contributed by atoms with van der Waals surface area (Å²) in [6.07, 6.45) is 0.0476. The van der Waals surface area contributed by atoms with Crippen molar-refractivity contribution in [2.24, 2.45) is 5.73 Å². The van der Waals surface area contributed by atoms with Crippen LogP contribution < -0.4 is 10.5 Å². The van der Waals surface area contributed by atoms with Crippen molar-refractivity contribution in [3.05, 3.63) is 95.3 Å². The van der Waals surface area contributed by atoms with Crippen molar-refractivity contribution in [3.63, 3.8) is 0 Å². The number of benzene rings is 2. The number of fused-ring (bicyclic) bond motifs is 1. The van der Waals surface area contributed by atoms with Gasteiger partial charge in [-0.05, 0) is 54.7 Å². The Morgan fingerprint density at radius 1 is 0.860 bits per heavy atom. The van der Waals surface area contributed by atoms with Gasteiger partial charge in [-0.25, -0.2) is 9.59 Å². The highest BCUT2D eigenvalue weighted by molar-refractivity contribution is 6.44. The Hall–Kier alpha value is -5.12. The number of carbonyl (C=O) groups excluding carboxylic acids is 4. The van der Waals surface area contributed by atoms with Crippen LogP contribution in [0.5, 0.6) is 5.75 Å². The van der Waals surface area contributed by atoms with Crippen LogP contribution >= 0.6 is 0 Å². The highest BCUT2D eigenvalue weighted by atomic mass is 16.8. The molecule has 0 fully saturated rings. The van der Waals surface area contributed by atoms with E-state index in [9.17, 15) is 19.2 Å². The number of aromatic nitrogens is 1. The topological polar surface area (TPSA) is 136 Å². The zero-order valence-corrected chi connectivity index (χ0v) is 24.5. The zero-order chi connectivity index (χ0) is 31.1. The summed E-state index contributed by atoms with van der Waals surface area (Å²) in [6, 6.07) is 21.2. The Morgan fingerprint density at radius 2 is 1.56 bits per heavy atom. The summed E-state index contributed by atoms with van der Waals surface area (Å²) >= 11 is 0. The summed E-state index contributed by atoms with van der Waals surface area (Å²) in [7, 11) is 0. The molecule has 0 radical (unpaired) electrons. The standard InChI is InChI=1S/C33H34N2O8/c1-5-24-26(18-23-14-9-10-15-25(23)22-12-7-6-8-13-22)35-17-11-16-27(30(35)29(24)31(37)32(34)38)40-19-28(36)42-21(4)43-33(39)41-20(2)3/h6-17,20-21H,5,18-19H2,1-4H3,(H2,34,38). The van der Waals surface area contributed by atoms with Crippen molar-refractivity contribution in [3.8, 4) is 16.9 Å². The van der Waals surface area contributed by atoms with Crippen LogP contribution in [0.1, 0.15) is 54.9 Å². The molecule has 2 aromatic carbocycles. The summed E-state index contributed by atoms with van der Waals surface area (Å²) in [5, 5.41) is 0. The van der Waals surface area contributed by atoms with E-state index in [2.05, 4.69) is 0 Å². The van der Waals surface area contributed by atoms with Crippen LogP contribution in [0.15, 0.2) is 72.9 Å². The maximum atomic E-state index is 13.2. The van der Waals surface area contributed by atoms with E-state index in [-0.39, 0.29) is 11.3 Å². The monoisotopic (exact) mass is 586 g/mol. The molecule has 224 valence electrons. The van der Waals surface area contributed by atoms with E-state index in [0.29, 0.717) is 23.9 Å². The molecule has 4 rings (SSSR count). The van der Waals surface area contributed by atoms with Gasteiger partial charge in [-0.1, -0.05) is 61.5 Å². The molecule has 2 N–H and O–H groups in total. The molecule has 2 heterocycles. The predicted molar refractivity (Wildman–Crippen MR) is 159 cm³/mol. The van der Waals surface area contributed by atoms with Crippen LogP contribution in [0.3, 0.4) is 0 Å². The van der Waals surface area contributed by atoms with E-state index in [1.54, 1.807) is 36.6 Å². The van der Waals surface area contributed by atoms with Gasteiger partial charge in [-0.2, -0.15) is 0 Å². The van der Waals surface area contributed by atoms with Crippen LogP contribution in [-0.2, 0) is 36.6 Å². The van der Waals surface area contributed by atoms with E-state index in [0.717, 1.165) is 22.4 Å². The third-order valence-corrected chi connectivity index (χ3v) is 6.64. The predicted octanol–water partition coefficient (Wildman–Crippen LogP) is 5.26. The number of primary amides is 1. The molecule has 0 spiro atoms. The van der Waals surface area contributed by atoms with Crippen molar-refractivity contribution in [2.75, 3.05) is 6.61 Å². The maximum absolute atomic E-state index is 13.2. The molecule has 10 nitrogen and oxygen atoms in total. The first-order valence-electron chi connectivity index (χ1n) is 13.9. The van der Waals surface area contributed by atoms with Crippen molar-refractivity contribution in [1.29, 1.82) is 0 Å². The fourth-order valence-corrected chi connectivity index (χ4v) is 4.94. The number of nitrogens with two attached hydrogens (primary N) is 1. The van der Waals surface area contributed by atoms with Crippen LogP contribution in [-0.4, -0.2) is 47.2 Å². The molecule has 0 saturated heterocycles. The van der Waals surface area contributed by atoms with Crippen LogP contribution in [0, 0.1) is 0 Å². The number of nitrogens with zero attached hydrogens (tertiary/aromatic N) is 1.